The zero-order valence-electron chi connectivity index (χ0n) is 10.6. The number of nitrogens with one attached hydrogen (secondary N) is 2. The summed E-state index contributed by atoms with van der Waals surface area (Å²) in [5, 5.41) is 5.64. The van der Waals surface area contributed by atoms with Crippen molar-refractivity contribution in [1.82, 2.24) is 4.98 Å². The fraction of sp³-hybridized carbons (Fsp3) is 0.133. The fourth-order valence-corrected chi connectivity index (χ4v) is 2.29. The van der Waals surface area contributed by atoms with Gasteiger partial charge in [0.25, 0.3) is 0 Å². The normalized spacial score (nSPS) is 18.7. The summed E-state index contributed by atoms with van der Waals surface area (Å²) in [6.07, 6.45) is 4.14. The van der Waals surface area contributed by atoms with E-state index in [0.717, 1.165) is 22.1 Å². The van der Waals surface area contributed by atoms with Crippen LogP contribution in [0, 0.1) is 0 Å². The Kier molecular flexibility index (Phi) is 2.61. The monoisotopic (exact) mass is 238 g/mol. The van der Waals surface area contributed by atoms with E-state index in [9.17, 15) is 0 Å². The van der Waals surface area contributed by atoms with E-state index in [1.807, 2.05) is 31.3 Å². The van der Waals surface area contributed by atoms with Gasteiger partial charge in [-0.25, -0.2) is 0 Å². The minimum absolute atomic E-state index is 1.07. The molecule has 0 fully saturated rings. The zero-order chi connectivity index (χ0) is 12.5. The maximum Gasteiger partial charge on any atom is 0.180 e. The van der Waals surface area contributed by atoms with Crippen molar-refractivity contribution in [1.29, 1.82) is 0 Å². The molecule has 3 rings (SSSR count). The molecule has 0 amide bonds. The predicted octanol–water partition coefficient (Wildman–Crippen LogP) is 2.49. The van der Waals surface area contributed by atoms with Gasteiger partial charge in [0, 0.05) is 19.1 Å². The Hall–Kier alpha value is -2.13. The average molecular weight is 238 g/mol. The van der Waals surface area contributed by atoms with Crippen molar-refractivity contribution in [3.63, 3.8) is 0 Å². The third kappa shape index (κ3) is 1.89. The molecule has 1 unspecified atom stereocenters. The number of allylic oxidation sites excluding steroid dienone is 2. The highest BCUT2D eigenvalue weighted by molar-refractivity contribution is 5.93. The lowest BCUT2D eigenvalue weighted by Gasteiger charge is -2.04. The molecule has 0 saturated heterocycles. The maximum absolute atomic E-state index is 4.57. The molecule has 1 aromatic carbocycles. The number of hydrogen-bond donors (Lipinski definition) is 2. The third-order valence-corrected chi connectivity index (χ3v) is 3.13. The van der Waals surface area contributed by atoms with Gasteiger partial charge in [0.2, 0.25) is 0 Å². The number of nitrogens with zero attached hydrogens (tertiary/aromatic N) is 1. The molecule has 3 nitrogen and oxygen atoms in total. The maximum atomic E-state index is 4.57. The molecule has 0 spiro atoms. The summed E-state index contributed by atoms with van der Waals surface area (Å²) in [5.74, 6) is 0. The molecule has 3 heteroatoms. The van der Waals surface area contributed by atoms with Crippen LogP contribution in [0.5, 0.6) is 0 Å². The second kappa shape index (κ2) is 4.27. The lowest BCUT2D eigenvalue weighted by Crippen LogP contribution is -2.98. The van der Waals surface area contributed by atoms with E-state index in [2.05, 4.69) is 41.3 Å². The van der Waals surface area contributed by atoms with Crippen molar-refractivity contribution < 1.29 is 5.01 Å². The zero-order valence-corrected chi connectivity index (χ0v) is 10.6. The van der Waals surface area contributed by atoms with Gasteiger partial charge in [-0.15, -0.1) is 5.01 Å². The van der Waals surface area contributed by atoms with Gasteiger partial charge in [0.1, 0.15) is 5.70 Å². The van der Waals surface area contributed by atoms with E-state index in [1.54, 1.807) is 0 Å². The number of rotatable bonds is 2. The first kappa shape index (κ1) is 11.0. The number of benzene rings is 1. The Balaban J connectivity index is 1.94. The standard InChI is InChI=1S/C15H15N3/c1-11-8-12(2)18(17-11)14-9-15(16-10-14)13-6-4-3-5-7-13/h3-10,16H,1-2H3/p+1. The summed E-state index contributed by atoms with van der Waals surface area (Å²) in [7, 11) is 0. The Morgan fingerprint density at radius 2 is 1.89 bits per heavy atom. The Labute approximate surface area is 106 Å². The van der Waals surface area contributed by atoms with Crippen LogP contribution in [0.25, 0.3) is 11.3 Å². The van der Waals surface area contributed by atoms with Gasteiger partial charge < -0.3 is 4.98 Å². The molecule has 90 valence electrons. The predicted molar refractivity (Wildman–Crippen MR) is 73.7 cm³/mol. The van der Waals surface area contributed by atoms with Crippen LogP contribution >= 0.6 is 0 Å². The molecule has 1 aromatic heterocycles. The highest BCUT2D eigenvalue weighted by Crippen LogP contribution is 2.20. The molecule has 1 atom stereocenters. The van der Waals surface area contributed by atoms with Crippen molar-refractivity contribution in [2.45, 2.75) is 13.8 Å². The molecule has 18 heavy (non-hydrogen) atoms. The summed E-state index contributed by atoms with van der Waals surface area (Å²) in [5.41, 5.74) is 5.78. The van der Waals surface area contributed by atoms with Crippen molar-refractivity contribution in [3.05, 3.63) is 54.4 Å². The minimum Gasteiger partial charge on any atom is -0.356 e. The average Bonchev–Trinajstić information content (AvgIpc) is 2.97. The van der Waals surface area contributed by atoms with Crippen LogP contribution in [0.4, 0.5) is 5.69 Å². The lowest BCUT2D eigenvalue weighted by atomic mass is 10.1. The van der Waals surface area contributed by atoms with E-state index in [4.69, 9.17) is 0 Å². The van der Waals surface area contributed by atoms with Crippen molar-refractivity contribution in [2.75, 3.05) is 0 Å². The highest BCUT2D eigenvalue weighted by atomic mass is 15.5. The van der Waals surface area contributed by atoms with Crippen LogP contribution in [0.2, 0.25) is 0 Å². The molecule has 1 aliphatic rings. The van der Waals surface area contributed by atoms with Crippen LogP contribution < -0.4 is 5.01 Å². The van der Waals surface area contributed by atoms with Crippen LogP contribution in [0.1, 0.15) is 13.8 Å². The smallest absolute Gasteiger partial charge is 0.180 e. The van der Waals surface area contributed by atoms with Gasteiger partial charge in [-0.2, -0.15) is 0 Å². The summed E-state index contributed by atoms with van der Waals surface area (Å²) in [4.78, 5) is 3.32. The largest absolute Gasteiger partial charge is 0.356 e. The topological polar surface area (TPSA) is 32.6 Å². The Bertz CT molecular complexity index is 620. The van der Waals surface area contributed by atoms with Gasteiger partial charge in [-0.3, -0.25) is 0 Å². The number of aromatic amines is 1. The highest BCUT2D eigenvalue weighted by Gasteiger charge is 2.21. The summed E-state index contributed by atoms with van der Waals surface area (Å²) < 4.78 is 0. The second-order valence-electron chi connectivity index (χ2n) is 4.60. The molecule has 1 aliphatic heterocycles. The van der Waals surface area contributed by atoms with Gasteiger partial charge in [0.15, 0.2) is 5.69 Å². The molecule has 2 heterocycles. The molecular weight excluding hydrogens is 222 g/mol. The molecule has 2 N–H and O–H groups in total. The van der Waals surface area contributed by atoms with E-state index in [0.29, 0.717) is 0 Å². The molecule has 2 aromatic rings. The Morgan fingerprint density at radius 3 is 2.56 bits per heavy atom. The van der Waals surface area contributed by atoms with E-state index in [-0.39, 0.29) is 0 Å². The summed E-state index contributed by atoms with van der Waals surface area (Å²) in [6.45, 7) is 4.13. The van der Waals surface area contributed by atoms with E-state index >= 15 is 0 Å². The quantitative estimate of drug-likeness (QED) is 0.806. The van der Waals surface area contributed by atoms with Crippen molar-refractivity contribution >= 4 is 11.4 Å². The third-order valence-electron chi connectivity index (χ3n) is 3.13. The van der Waals surface area contributed by atoms with Crippen LogP contribution in [-0.4, -0.2) is 10.7 Å². The molecule has 0 bridgehead atoms. The summed E-state index contributed by atoms with van der Waals surface area (Å²) >= 11 is 0. The molecule has 0 radical (unpaired) electrons. The Morgan fingerprint density at radius 1 is 1.11 bits per heavy atom. The number of quaternary nitrogens is 1. The van der Waals surface area contributed by atoms with Crippen LogP contribution in [0.3, 0.4) is 0 Å². The van der Waals surface area contributed by atoms with E-state index < -0.39 is 0 Å². The van der Waals surface area contributed by atoms with Gasteiger partial charge >= 0.3 is 0 Å². The number of aromatic nitrogens is 1. The number of H-pyrrole nitrogens is 1. The number of hydrogen-bond acceptors (Lipinski definition) is 1. The fourth-order valence-electron chi connectivity index (χ4n) is 2.29. The summed E-state index contributed by atoms with van der Waals surface area (Å²) in [6, 6.07) is 12.5. The SMILES string of the molecule is CC1=CC(C)=N[NH+]1c1c[nH]c(-c2ccccc2)c1. The minimum atomic E-state index is 1.07. The van der Waals surface area contributed by atoms with Crippen molar-refractivity contribution in [3.8, 4) is 11.3 Å². The van der Waals surface area contributed by atoms with Gasteiger partial charge in [0.05, 0.1) is 17.6 Å². The molecular formula is C15H16N3+. The first-order chi connectivity index (χ1) is 8.74. The molecule has 0 aliphatic carbocycles. The molecule has 0 saturated carbocycles. The van der Waals surface area contributed by atoms with E-state index in [1.165, 1.54) is 11.3 Å². The van der Waals surface area contributed by atoms with Gasteiger partial charge in [-0.05, 0) is 12.5 Å². The first-order valence-electron chi connectivity index (χ1n) is 6.09. The second-order valence-corrected chi connectivity index (χ2v) is 4.60. The first-order valence-corrected chi connectivity index (χ1v) is 6.09. The lowest BCUT2D eigenvalue weighted by molar-refractivity contribution is -0.794. The van der Waals surface area contributed by atoms with Gasteiger partial charge in [-0.1, -0.05) is 35.4 Å². The van der Waals surface area contributed by atoms with Crippen LogP contribution in [0.15, 0.2) is 59.5 Å². The van der Waals surface area contributed by atoms with Crippen molar-refractivity contribution in [2.24, 2.45) is 5.10 Å². The van der Waals surface area contributed by atoms with Crippen LogP contribution in [-0.2, 0) is 0 Å².